The molecule has 0 amide bonds. The van der Waals surface area contributed by atoms with Crippen LogP contribution in [-0.4, -0.2) is 19.5 Å². The molecule has 0 aromatic heterocycles. The summed E-state index contributed by atoms with van der Waals surface area (Å²) >= 11 is 0. The maximum absolute atomic E-state index is 9.49. The Balaban J connectivity index is 2.37. The van der Waals surface area contributed by atoms with Crippen molar-refractivity contribution < 1.29 is 9.05 Å². The Morgan fingerprint density at radius 1 is 0.792 bits per heavy atom. The summed E-state index contributed by atoms with van der Waals surface area (Å²) in [5, 5.41) is 11.3. The molecule has 0 saturated carbocycles. The SMILES string of the molecule is COP1(OC)=C(c2ccccc2)C=C(C#N)C=C1c1ccccc1. The van der Waals surface area contributed by atoms with E-state index in [1.165, 1.54) is 0 Å². The minimum absolute atomic E-state index is 0.595. The number of rotatable bonds is 4. The van der Waals surface area contributed by atoms with Gasteiger partial charge in [0.2, 0.25) is 0 Å². The molecule has 120 valence electrons. The summed E-state index contributed by atoms with van der Waals surface area (Å²) in [5.41, 5.74) is 2.60. The topological polar surface area (TPSA) is 42.2 Å². The molecule has 2 aromatic carbocycles. The summed E-state index contributed by atoms with van der Waals surface area (Å²) in [5.74, 6) is 0. The van der Waals surface area contributed by atoms with Gasteiger partial charge in [0.25, 0.3) is 0 Å². The van der Waals surface area contributed by atoms with Crippen molar-refractivity contribution in [2.75, 3.05) is 14.2 Å². The molecule has 0 bridgehead atoms. The maximum Gasteiger partial charge on any atom is 0.162 e. The molecule has 0 aliphatic carbocycles. The highest BCUT2D eigenvalue weighted by molar-refractivity contribution is 7.78. The van der Waals surface area contributed by atoms with Crippen molar-refractivity contribution in [2.24, 2.45) is 0 Å². The summed E-state index contributed by atoms with van der Waals surface area (Å²) in [6.07, 6.45) is 3.76. The first kappa shape index (κ1) is 16.5. The average Bonchev–Trinajstić information content (AvgIpc) is 2.68. The van der Waals surface area contributed by atoms with E-state index in [-0.39, 0.29) is 0 Å². The van der Waals surface area contributed by atoms with Crippen LogP contribution in [-0.2, 0) is 9.05 Å². The van der Waals surface area contributed by atoms with E-state index in [4.69, 9.17) is 9.05 Å². The Morgan fingerprint density at radius 3 is 1.83 bits per heavy atom. The van der Waals surface area contributed by atoms with Gasteiger partial charge in [-0.15, -0.1) is 0 Å². The van der Waals surface area contributed by atoms with Crippen LogP contribution in [0.4, 0.5) is 0 Å². The van der Waals surface area contributed by atoms with E-state index in [2.05, 4.69) is 6.07 Å². The highest BCUT2D eigenvalue weighted by atomic mass is 31.2. The fourth-order valence-electron chi connectivity index (χ4n) is 2.89. The lowest BCUT2D eigenvalue weighted by atomic mass is 10.1. The fraction of sp³-hybridized carbons (Fsp3) is 0.100. The van der Waals surface area contributed by atoms with Crippen molar-refractivity contribution in [1.29, 1.82) is 5.26 Å². The Labute approximate surface area is 142 Å². The van der Waals surface area contributed by atoms with Gasteiger partial charge in [0, 0.05) is 24.8 Å². The highest BCUT2D eigenvalue weighted by Crippen LogP contribution is 2.64. The van der Waals surface area contributed by atoms with Gasteiger partial charge in [-0.3, -0.25) is 0 Å². The third-order valence-corrected chi connectivity index (χ3v) is 7.07. The van der Waals surface area contributed by atoms with Gasteiger partial charge in [-0.05, 0) is 23.3 Å². The van der Waals surface area contributed by atoms with Crippen LogP contribution in [0.3, 0.4) is 0 Å². The molecule has 0 spiro atoms. The zero-order valence-corrected chi connectivity index (χ0v) is 14.5. The molecule has 0 saturated heterocycles. The zero-order valence-electron chi connectivity index (χ0n) is 13.6. The molecule has 0 radical (unpaired) electrons. The highest BCUT2D eigenvalue weighted by Gasteiger charge is 2.32. The molecule has 1 heterocycles. The van der Waals surface area contributed by atoms with E-state index < -0.39 is 7.34 Å². The minimum Gasteiger partial charge on any atom is -0.337 e. The first-order valence-corrected chi connectivity index (χ1v) is 9.20. The van der Waals surface area contributed by atoms with Crippen LogP contribution in [0.1, 0.15) is 11.1 Å². The van der Waals surface area contributed by atoms with Crippen LogP contribution < -0.4 is 0 Å². The molecule has 0 N–H and O–H groups in total. The molecule has 0 fully saturated rings. The number of benzene rings is 2. The molecule has 24 heavy (non-hydrogen) atoms. The molecular weight excluding hydrogens is 317 g/mol. The van der Waals surface area contributed by atoms with Crippen molar-refractivity contribution in [3.8, 4) is 6.07 Å². The molecule has 3 nitrogen and oxygen atoms in total. The van der Waals surface area contributed by atoms with E-state index in [9.17, 15) is 5.26 Å². The Kier molecular flexibility index (Phi) is 4.83. The lowest BCUT2D eigenvalue weighted by molar-refractivity contribution is 0.345. The number of nitrogens with zero attached hydrogens (tertiary/aromatic N) is 1. The van der Waals surface area contributed by atoms with Crippen LogP contribution in [0.15, 0.2) is 78.4 Å². The third kappa shape index (κ3) is 2.77. The monoisotopic (exact) mass is 335 g/mol. The Morgan fingerprint density at radius 2 is 1.33 bits per heavy atom. The van der Waals surface area contributed by atoms with E-state index in [0.29, 0.717) is 5.57 Å². The smallest absolute Gasteiger partial charge is 0.162 e. The molecular formula is C20H18NO2P. The molecule has 1 aliphatic rings. The van der Waals surface area contributed by atoms with Crippen LogP contribution in [0.2, 0.25) is 0 Å². The van der Waals surface area contributed by atoms with Gasteiger partial charge in [0.05, 0.1) is 11.6 Å². The van der Waals surface area contributed by atoms with Gasteiger partial charge in [0.1, 0.15) is 0 Å². The standard InChI is InChI=1S/C20H18NO2P/c1-22-24(23-2)19(17-9-5-3-6-10-17)13-16(15-21)14-20(24)18-11-7-4-8-12-18/h3-14H,1-2H3. The number of allylic oxidation sites excluding steroid dienone is 3. The molecule has 3 rings (SSSR count). The van der Waals surface area contributed by atoms with Crippen molar-refractivity contribution in [3.05, 3.63) is 89.5 Å². The number of hydrogen-bond donors (Lipinski definition) is 0. The summed E-state index contributed by atoms with van der Waals surface area (Å²) < 4.78 is 12.0. The second-order valence-electron chi connectivity index (χ2n) is 5.27. The minimum atomic E-state index is -2.52. The summed E-state index contributed by atoms with van der Waals surface area (Å²) in [6, 6.07) is 22.2. The zero-order chi connectivity index (χ0) is 17.0. The van der Waals surface area contributed by atoms with Gasteiger partial charge in [-0.1, -0.05) is 60.7 Å². The molecule has 4 heteroatoms. The van der Waals surface area contributed by atoms with E-state index in [1.54, 1.807) is 14.2 Å². The predicted molar refractivity (Wildman–Crippen MR) is 99.6 cm³/mol. The second-order valence-corrected chi connectivity index (χ2v) is 8.07. The number of nitriles is 1. The number of hydrogen-bond acceptors (Lipinski definition) is 3. The molecule has 2 aromatic rings. The second kappa shape index (κ2) is 7.03. The average molecular weight is 335 g/mol. The largest absolute Gasteiger partial charge is 0.337 e. The third-order valence-electron chi connectivity index (χ3n) is 4.00. The summed E-state index contributed by atoms with van der Waals surface area (Å²) in [7, 11) is 0.821. The van der Waals surface area contributed by atoms with Gasteiger partial charge in [0.15, 0.2) is 7.34 Å². The van der Waals surface area contributed by atoms with Crippen molar-refractivity contribution in [1.82, 2.24) is 0 Å². The van der Waals surface area contributed by atoms with Crippen LogP contribution >= 0.6 is 7.34 Å². The van der Waals surface area contributed by atoms with Crippen molar-refractivity contribution in [3.63, 3.8) is 0 Å². The molecule has 1 aliphatic heterocycles. The summed E-state index contributed by atoms with van der Waals surface area (Å²) in [4.78, 5) is 0. The van der Waals surface area contributed by atoms with Crippen molar-refractivity contribution >= 4 is 17.9 Å². The van der Waals surface area contributed by atoms with Gasteiger partial charge >= 0.3 is 0 Å². The van der Waals surface area contributed by atoms with E-state index >= 15 is 0 Å². The van der Waals surface area contributed by atoms with Gasteiger partial charge < -0.3 is 9.05 Å². The molecule has 0 unspecified atom stereocenters. The van der Waals surface area contributed by atoms with Crippen LogP contribution in [0.5, 0.6) is 0 Å². The van der Waals surface area contributed by atoms with Crippen molar-refractivity contribution in [2.45, 2.75) is 0 Å². The van der Waals surface area contributed by atoms with Crippen LogP contribution in [0, 0.1) is 11.3 Å². The lowest BCUT2D eigenvalue weighted by Gasteiger charge is -2.31. The van der Waals surface area contributed by atoms with E-state index in [0.717, 1.165) is 21.7 Å². The van der Waals surface area contributed by atoms with Crippen LogP contribution in [0.25, 0.3) is 5.31 Å². The first-order valence-electron chi connectivity index (χ1n) is 7.58. The van der Waals surface area contributed by atoms with Gasteiger partial charge in [-0.25, -0.2) is 0 Å². The van der Waals surface area contributed by atoms with Gasteiger partial charge in [-0.2, -0.15) is 5.26 Å². The normalized spacial score (nSPS) is 16.1. The predicted octanol–water partition coefficient (Wildman–Crippen LogP) is 4.85. The van der Waals surface area contributed by atoms with E-state index in [1.807, 2.05) is 72.8 Å². The fourth-order valence-corrected chi connectivity index (χ4v) is 5.68. The maximum atomic E-state index is 9.49. The first-order chi connectivity index (χ1) is 11.7. The Hall–Kier alpha value is -2.37. The quantitative estimate of drug-likeness (QED) is 0.750. The Bertz CT molecular complexity index is 882. The lowest BCUT2D eigenvalue weighted by Crippen LogP contribution is -2.11. The molecule has 0 atom stereocenters. The summed E-state index contributed by atoms with van der Waals surface area (Å²) in [6.45, 7) is 0.